The Kier molecular flexibility index (Phi) is 2.14. The summed E-state index contributed by atoms with van der Waals surface area (Å²) in [5.41, 5.74) is 1.71. The summed E-state index contributed by atoms with van der Waals surface area (Å²) in [5, 5.41) is 0. The first-order chi connectivity index (χ1) is 6.80. The van der Waals surface area contributed by atoms with E-state index in [4.69, 9.17) is 11.6 Å². The number of nitrogens with zero attached hydrogens (tertiary/aromatic N) is 1. The predicted octanol–water partition coefficient (Wildman–Crippen LogP) is 2.62. The molecule has 0 aromatic rings. The number of rotatable bonds is 2. The van der Waals surface area contributed by atoms with E-state index >= 15 is 0 Å². The van der Waals surface area contributed by atoms with Gasteiger partial charge in [-0.25, -0.2) is 0 Å². The molecule has 1 saturated carbocycles. The Hall–Kier alpha value is -0.0100. The fraction of sp³-hybridized carbons (Fsp3) is 0.833. The van der Waals surface area contributed by atoms with Crippen molar-refractivity contribution in [2.75, 3.05) is 26.2 Å². The van der Waals surface area contributed by atoms with Crippen molar-refractivity contribution < 1.29 is 4.48 Å². The molecule has 0 unspecified atom stereocenters. The third-order valence-electron chi connectivity index (χ3n) is 4.52. The van der Waals surface area contributed by atoms with E-state index < -0.39 is 0 Å². The lowest BCUT2D eigenvalue weighted by molar-refractivity contribution is -0.949. The van der Waals surface area contributed by atoms with Crippen LogP contribution in [0.4, 0.5) is 0 Å². The maximum Gasteiger partial charge on any atom is 0.0985 e. The highest BCUT2D eigenvalue weighted by molar-refractivity contribution is 6.25. The van der Waals surface area contributed by atoms with E-state index in [1.165, 1.54) is 49.9 Å². The maximum absolute atomic E-state index is 5.65. The first kappa shape index (κ1) is 9.23. The van der Waals surface area contributed by atoms with Gasteiger partial charge in [0.15, 0.2) is 0 Å². The topological polar surface area (TPSA) is 0 Å². The smallest absolute Gasteiger partial charge is 0.0985 e. The van der Waals surface area contributed by atoms with Gasteiger partial charge in [0.1, 0.15) is 0 Å². The van der Waals surface area contributed by atoms with Crippen molar-refractivity contribution in [2.45, 2.75) is 19.3 Å². The number of hydrogen-bond acceptors (Lipinski definition) is 0. The highest BCUT2D eigenvalue weighted by Gasteiger charge is 2.50. The second kappa shape index (κ2) is 3.24. The molecular weight excluding hydrogens is 194 g/mol. The van der Waals surface area contributed by atoms with Gasteiger partial charge in [0.05, 0.1) is 26.2 Å². The number of piperidine rings is 3. The number of quaternary nitrogens is 1. The highest BCUT2D eigenvalue weighted by atomic mass is 35.5. The van der Waals surface area contributed by atoms with Gasteiger partial charge < -0.3 is 4.48 Å². The largest absolute Gasteiger partial charge is 0.320 e. The summed E-state index contributed by atoms with van der Waals surface area (Å²) in [4.78, 5) is 0. The predicted molar refractivity (Wildman–Crippen MR) is 59.0 cm³/mol. The van der Waals surface area contributed by atoms with E-state index in [1.807, 2.05) is 0 Å². The molecule has 14 heavy (non-hydrogen) atoms. The minimum atomic E-state index is 1.05. The van der Waals surface area contributed by atoms with Gasteiger partial charge in [0, 0.05) is 23.3 Å². The van der Waals surface area contributed by atoms with Crippen molar-refractivity contribution in [2.24, 2.45) is 17.8 Å². The molecule has 0 radical (unpaired) electrons. The van der Waals surface area contributed by atoms with Crippen LogP contribution in [0.15, 0.2) is 11.6 Å². The van der Waals surface area contributed by atoms with Crippen LogP contribution in [0.3, 0.4) is 0 Å². The summed E-state index contributed by atoms with van der Waals surface area (Å²) >= 11 is 5.65. The highest BCUT2D eigenvalue weighted by Crippen LogP contribution is 2.46. The van der Waals surface area contributed by atoms with Crippen LogP contribution < -0.4 is 0 Å². The maximum atomic E-state index is 5.65. The molecule has 4 rings (SSSR count). The molecule has 0 amide bonds. The monoisotopic (exact) mass is 212 g/mol. The summed E-state index contributed by atoms with van der Waals surface area (Å²) in [6.45, 7) is 5.50. The van der Waals surface area contributed by atoms with Crippen LogP contribution in [0, 0.1) is 17.8 Å². The normalized spacial score (nSPS) is 50.5. The molecule has 0 atom stereocenters. The van der Waals surface area contributed by atoms with E-state index in [2.05, 4.69) is 6.08 Å². The molecule has 1 aliphatic carbocycles. The minimum absolute atomic E-state index is 1.05. The lowest BCUT2D eigenvalue weighted by atomic mass is 9.67. The molecule has 3 saturated heterocycles. The lowest BCUT2D eigenvalue weighted by Gasteiger charge is -2.57. The van der Waals surface area contributed by atoms with Crippen LogP contribution in [0.1, 0.15) is 19.3 Å². The van der Waals surface area contributed by atoms with E-state index in [0.29, 0.717) is 0 Å². The van der Waals surface area contributed by atoms with Crippen molar-refractivity contribution in [3.05, 3.63) is 11.6 Å². The van der Waals surface area contributed by atoms with Gasteiger partial charge in [-0.2, -0.15) is 0 Å². The molecule has 78 valence electrons. The van der Waals surface area contributed by atoms with Crippen molar-refractivity contribution in [1.82, 2.24) is 0 Å². The molecule has 0 spiro atoms. The first-order valence-corrected chi connectivity index (χ1v) is 6.34. The van der Waals surface area contributed by atoms with E-state index in [0.717, 1.165) is 17.8 Å². The van der Waals surface area contributed by atoms with Crippen molar-refractivity contribution in [3.63, 3.8) is 0 Å². The van der Waals surface area contributed by atoms with E-state index in [9.17, 15) is 0 Å². The Bertz CT molecular complexity index is 224. The van der Waals surface area contributed by atoms with Gasteiger partial charge in [-0.1, -0.05) is 11.6 Å². The Morgan fingerprint density at radius 3 is 1.93 bits per heavy atom. The third kappa shape index (κ3) is 1.42. The van der Waals surface area contributed by atoms with Crippen molar-refractivity contribution in [1.29, 1.82) is 0 Å². The van der Waals surface area contributed by atoms with Crippen molar-refractivity contribution >= 4 is 11.6 Å². The minimum Gasteiger partial charge on any atom is -0.320 e. The van der Waals surface area contributed by atoms with Crippen LogP contribution in [0.2, 0.25) is 0 Å². The second-order valence-corrected chi connectivity index (χ2v) is 5.99. The van der Waals surface area contributed by atoms with Gasteiger partial charge in [-0.3, -0.25) is 0 Å². The molecule has 4 aliphatic rings. The Labute approximate surface area is 91.3 Å². The van der Waals surface area contributed by atoms with Gasteiger partial charge in [-0.05, 0) is 25.3 Å². The van der Waals surface area contributed by atoms with Gasteiger partial charge >= 0.3 is 0 Å². The van der Waals surface area contributed by atoms with E-state index in [-0.39, 0.29) is 0 Å². The van der Waals surface area contributed by atoms with Gasteiger partial charge in [0.2, 0.25) is 0 Å². The average molecular weight is 213 g/mol. The van der Waals surface area contributed by atoms with E-state index in [1.54, 1.807) is 5.54 Å². The first-order valence-electron chi connectivity index (χ1n) is 5.90. The molecule has 4 fully saturated rings. The Morgan fingerprint density at radius 2 is 1.50 bits per heavy atom. The third-order valence-corrected chi connectivity index (χ3v) is 4.70. The summed E-state index contributed by atoms with van der Waals surface area (Å²) in [6, 6.07) is 0. The van der Waals surface area contributed by atoms with Crippen molar-refractivity contribution in [3.8, 4) is 0 Å². The summed E-state index contributed by atoms with van der Waals surface area (Å²) in [7, 11) is 0. The molecule has 1 nitrogen and oxygen atoms in total. The molecular formula is C12H19ClN+. The molecule has 0 aromatic carbocycles. The van der Waals surface area contributed by atoms with Crippen LogP contribution in [-0.4, -0.2) is 30.7 Å². The standard InChI is InChI=1S/C12H19ClN/c13-2-1-3-14-7-10-4-11(8-14)6-12(5-10)9-14/h1-2,10-12H,3-9H2/q+1. The lowest BCUT2D eigenvalue weighted by Crippen LogP contribution is -2.65. The van der Waals surface area contributed by atoms with Crippen LogP contribution in [0.5, 0.6) is 0 Å². The number of hydrogen-bond donors (Lipinski definition) is 0. The zero-order chi connectivity index (χ0) is 9.60. The molecule has 3 heterocycles. The second-order valence-electron chi connectivity index (χ2n) is 5.74. The van der Waals surface area contributed by atoms with Crippen LogP contribution in [-0.2, 0) is 0 Å². The Morgan fingerprint density at radius 1 is 1.00 bits per heavy atom. The summed E-state index contributed by atoms with van der Waals surface area (Å²) < 4.78 is 1.36. The molecule has 3 aliphatic heterocycles. The quantitative estimate of drug-likeness (QED) is 0.618. The van der Waals surface area contributed by atoms with Gasteiger partial charge in [0.25, 0.3) is 0 Å². The molecule has 0 N–H and O–H groups in total. The SMILES string of the molecule is ClC=CC[N+]12CC3CC(CC(C3)C1)C2. The molecule has 0 aromatic heterocycles. The van der Waals surface area contributed by atoms with Crippen LogP contribution >= 0.6 is 11.6 Å². The fourth-order valence-corrected chi connectivity index (χ4v) is 4.58. The number of halogens is 1. The van der Waals surface area contributed by atoms with Gasteiger partial charge in [-0.15, -0.1) is 0 Å². The summed E-state index contributed by atoms with van der Waals surface area (Å²) in [5.74, 6) is 3.14. The molecule has 2 heteroatoms. The average Bonchev–Trinajstić information content (AvgIpc) is 2.12. The zero-order valence-corrected chi connectivity index (χ0v) is 9.42. The summed E-state index contributed by atoms with van der Waals surface area (Å²) in [6.07, 6.45) is 6.75. The fourth-order valence-electron chi connectivity index (χ4n) is 4.50. The molecule has 4 bridgehead atoms. The van der Waals surface area contributed by atoms with Crippen LogP contribution in [0.25, 0.3) is 0 Å². The Balaban J connectivity index is 1.80. The zero-order valence-electron chi connectivity index (χ0n) is 8.66.